The highest BCUT2D eigenvalue weighted by Crippen LogP contribution is 2.27. The Bertz CT molecular complexity index is 749. The van der Waals surface area contributed by atoms with E-state index in [1.54, 1.807) is 7.05 Å². The normalized spacial score (nSPS) is 14.0. The van der Waals surface area contributed by atoms with Crippen LogP contribution in [0.2, 0.25) is 0 Å². The van der Waals surface area contributed by atoms with Gasteiger partial charge in [-0.15, -0.1) is 0 Å². The van der Waals surface area contributed by atoms with E-state index in [9.17, 15) is 9.59 Å². The number of amides is 1. The molecule has 5 nitrogen and oxygen atoms in total. The number of nitrogens with zero attached hydrogens (tertiary/aromatic N) is 1. The van der Waals surface area contributed by atoms with Gasteiger partial charge in [-0.25, -0.2) is 0 Å². The van der Waals surface area contributed by atoms with Gasteiger partial charge in [0.25, 0.3) is 5.91 Å². The van der Waals surface area contributed by atoms with Crippen molar-refractivity contribution in [2.24, 2.45) is 5.92 Å². The summed E-state index contributed by atoms with van der Waals surface area (Å²) in [4.78, 5) is 25.3. The molecule has 2 aromatic rings. The number of halogens is 1. The highest BCUT2D eigenvalue weighted by Gasteiger charge is 2.27. The lowest BCUT2D eigenvalue weighted by Crippen LogP contribution is -2.33. The predicted octanol–water partition coefficient (Wildman–Crippen LogP) is 4.01. The second-order valence-electron chi connectivity index (χ2n) is 6.26. The number of hydrogen-bond donors (Lipinski definition) is 0. The van der Waals surface area contributed by atoms with E-state index in [2.05, 4.69) is 15.9 Å². The Morgan fingerprint density at radius 2 is 1.92 bits per heavy atom. The molecule has 0 N–H and O–H groups in total. The minimum absolute atomic E-state index is 0.0170. The molecule has 0 saturated heterocycles. The highest BCUT2D eigenvalue weighted by molar-refractivity contribution is 9.10. The minimum Gasteiger partial charge on any atom is -0.459 e. The molecule has 0 spiro atoms. The van der Waals surface area contributed by atoms with Gasteiger partial charge in [0.1, 0.15) is 11.5 Å². The Kier molecular flexibility index (Phi) is 5.58. The topological polar surface area (TPSA) is 59.8 Å². The number of ether oxygens (including phenoxy) is 1. The van der Waals surface area contributed by atoms with Gasteiger partial charge >= 0.3 is 5.97 Å². The van der Waals surface area contributed by atoms with Crippen LogP contribution in [0.15, 0.2) is 45.3 Å². The molecule has 1 saturated carbocycles. The van der Waals surface area contributed by atoms with Crippen molar-refractivity contribution in [1.82, 2.24) is 4.90 Å². The number of esters is 1. The van der Waals surface area contributed by atoms with Gasteiger partial charge in [-0.2, -0.15) is 0 Å². The van der Waals surface area contributed by atoms with Gasteiger partial charge in [0.15, 0.2) is 6.61 Å². The molecule has 25 heavy (non-hydrogen) atoms. The molecule has 0 bridgehead atoms. The Hall–Kier alpha value is -2.08. The van der Waals surface area contributed by atoms with E-state index in [0.717, 1.165) is 35.1 Å². The molecule has 3 rings (SSSR count). The van der Waals surface area contributed by atoms with Crippen LogP contribution in [0, 0.1) is 5.92 Å². The molecule has 0 radical (unpaired) electrons. The summed E-state index contributed by atoms with van der Waals surface area (Å²) in [6, 6.07) is 11.5. The summed E-state index contributed by atoms with van der Waals surface area (Å²) in [5.41, 5.74) is 0.970. The average Bonchev–Trinajstić information content (AvgIpc) is 3.00. The average molecular weight is 406 g/mol. The smallest absolute Gasteiger partial charge is 0.309 e. The lowest BCUT2D eigenvalue weighted by atomic mass is 9.86. The molecule has 1 fully saturated rings. The van der Waals surface area contributed by atoms with E-state index in [-0.39, 0.29) is 24.4 Å². The zero-order chi connectivity index (χ0) is 17.8. The van der Waals surface area contributed by atoms with Crippen LogP contribution in [-0.4, -0.2) is 30.4 Å². The summed E-state index contributed by atoms with van der Waals surface area (Å²) in [5, 5.41) is 0. The van der Waals surface area contributed by atoms with Gasteiger partial charge in [-0.3, -0.25) is 9.59 Å². The van der Waals surface area contributed by atoms with Crippen molar-refractivity contribution < 1.29 is 18.7 Å². The monoisotopic (exact) mass is 405 g/mol. The first kappa shape index (κ1) is 17.7. The quantitative estimate of drug-likeness (QED) is 0.681. The summed E-state index contributed by atoms with van der Waals surface area (Å²) < 4.78 is 11.9. The van der Waals surface area contributed by atoms with Gasteiger partial charge in [0, 0.05) is 17.1 Å². The van der Waals surface area contributed by atoms with E-state index < -0.39 is 0 Å². The summed E-state index contributed by atoms with van der Waals surface area (Å²) >= 11 is 3.40. The second kappa shape index (κ2) is 7.87. The van der Waals surface area contributed by atoms with E-state index in [4.69, 9.17) is 9.15 Å². The molecule has 1 aliphatic carbocycles. The third-order valence-corrected chi connectivity index (χ3v) is 4.91. The Labute approximate surface area is 155 Å². The Morgan fingerprint density at radius 3 is 2.56 bits per heavy atom. The zero-order valence-corrected chi connectivity index (χ0v) is 15.6. The molecule has 1 amide bonds. The predicted molar refractivity (Wildman–Crippen MR) is 96.6 cm³/mol. The number of likely N-dealkylation sites (N-methyl/N-ethyl adjacent to an activating group) is 1. The van der Waals surface area contributed by atoms with E-state index in [1.807, 2.05) is 36.4 Å². The van der Waals surface area contributed by atoms with Crippen LogP contribution in [0.5, 0.6) is 0 Å². The number of carbonyl (C=O) groups excluding carboxylic acids is 2. The molecule has 0 unspecified atom stereocenters. The van der Waals surface area contributed by atoms with Crippen molar-refractivity contribution in [3.8, 4) is 11.3 Å². The first-order valence-corrected chi connectivity index (χ1v) is 9.07. The van der Waals surface area contributed by atoms with E-state index in [1.165, 1.54) is 4.90 Å². The third-order valence-electron chi connectivity index (χ3n) is 4.39. The van der Waals surface area contributed by atoms with Gasteiger partial charge < -0.3 is 14.1 Å². The maximum atomic E-state index is 12.1. The van der Waals surface area contributed by atoms with E-state index >= 15 is 0 Å². The Morgan fingerprint density at radius 1 is 1.20 bits per heavy atom. The van der Waals surface area contributed by atoms with Crippen LogP contribution < -0.4 is 0 Å². The van der Waals surface area contributed by atoms with Gasteiger partial charge in [-0.1, -0.05) is 34.5 Å². The third kappa shape index (κ3) is 4.51. The molecule has 6 heteroatoms. The fourth-order valence-electron chi connectivity index (χ4n) is 2.56. The first-order valence-electron chi connectivity index (χ1n) is 8.28. The van der Waals surface area contributed by atoms with Gasteiger partial charge in [0.2, 0.25) is 0 Å². The molecule has 1 aromatic carbocycles. The van der Waals surface area contributed by atoms with Crippen molar-refractivity contribution in [2.75, 3.05) is 13.7 Å². The van der Waals surface area contributed by atoms with Crippen LogP contribution in [0.1, 0.15) is 25.0 Å². The lowest BCUT2D eigenvalue weighted by Gasteiger charge is -2.23. The van der Waals surface area contributed by atoms with Gasteiger partial charge in [0.05, 0.1) is 12.5 Å². The number of benzene rings is 1. The lowest BCUT2D eigenvalue weighted by molar-refractivity contribution is -0.157. The van der Waals surface area contributed by atoms with E-state index in [0.29, 0.717) is 12.3 Å². The molecule has 132 valence electrons. The van der Waals surface area contributed by atoms with Crippen LogP contribution >= 0.6 is 15.9 Å². The van der Waals surface area contributed by atoms with Crippen molar-refractivity contribution in [3.63, 3.8) is 0 Å². The van der Waals surface area contributed by atoms with Crippen molar-refractivity contribution in [1.29, 1.82) is 0 Å². The SMILES string of the molecule is CN(Cc1ccc(-c2ccc(Br)cc2)o1)C(=O)COC(=O)C1CCC1. The summed E-state index contributed by atoms with van der Waals surface area (Å²) in [6.07, 6.45) is 2.80. The molecule has 1 heterocycles. The van der Waals surface area contributed by atoms with Crippen LogP contribution in [0.4, 0.5) is 0 Å². The molecule has 1 aliphatic rings. The molecule has 0 atom stereocenters. The maximum Gasteiger partial charge on any atom is 0.309 e. The highest BCUT2D eigenvalue weighted by atomic mass is 79.9. The largest absolute Gasteiger partial charge is 0.459 e. The number of carbonyl (C=O) groups is 2. The summed E-state index contributed by atoms with van der Waals surface area (Å²) in [6.45, 7) is 0.114. The minimum atomic E-state index is -0.261. The molecule has 0 aliphatic heterocycles. The Balaban J connectivity index is 1.52. The number of rotatable bonds is 6. The summed E-state index contributed by atoms with van der Waals surface area (Å²) in [5.74, 6) is 0.910. The summed E-state index contributed by atoms with van der Waals surface area (Å²) in [7, 11) is 1.67. The van der Waals surface area contributed by atoms with Crippen LogP contribution in [0.25, 0.3) is 11.3 Å². The second-order valence-corrected chi connectivity index (χ2v) is 7.17. The maximum absolute atomic E-state index is 12.1. The number of hydrogen-bond acceptors (Lipinski definition) is 4. The zero-order valence-electron chi connectivity index (χ0n) is 14.0. The molecular weight excluding hydrogens is 386 g/mol. The fourth-order valence-corrected chi connectivity index (χ4v) is 2.82. The standard InChI is InChI=1S/C19H20BrNO4/c1-21(18(22)12-24-19(23)14-3-2-4-14)11-16-9-10-17(25-16)13-5-7-15(20)8-6-13/h5-10,14H,2-4,11-12H2,1H3. The van der Waals surface area contributed by atoms with Crippen molar-refractivity contribution >= 4 is 27.8 Å². The fraction of sp³-hybridized carbons (Fsp3) is 0.368. The van der Waals surface area contributed by atoms with Crippen molar-refractivity contribution in [2.45, 2.75) is 25.8 Å². The molecular formula is C19H20BrNO4. The van der Waals surface area contributed by atoms with Crippen molar-refractivity contribution in [3.05, 3.63) is 46.6 Å². The van der Waals surface area contributed by atoms with Crippen LogP contribution in [-0.2, 0) is 20.9 Å². The molecule has 1 aromatic heterocycles. The number of furan rings is 1. The van der Waals surface area contributed by atoms with Gasteiger partial charge in [-0.05, 0) is 37.1 Å². The van der Waals surface area contributed by atoms with Crippen LogP contribution in [0.3, 0.4) is 0 Å². The first-order chi connectivity index (χ1) is 12.0.